The fourth-order valence-electron chi connectivity index (χ4n) is 10.4. The number of benzene rings is 1. The molecule has 5 fully saturated rings. The van der Waals surface area contributed by atoms with Crippen LogP contribution >= 0.6 is 0 Å². The summed E-state index contributed by atoms with van der Waals surface area (Å²) in [5.74, 6) is 1.60. The highest BCUT2D eigenvalue weighted by Crippen LogP contribution is 2.77. The summed E-state index contributed by atoms with van der Waals surface area (Å²) in [7, 11) is 3.41. The molecule has 2 spiro atoms. The van der Waals surface area contributed by atoms with Gasteiger partial charge >= 0.3 is 6.16 Å². The van der Waals surface area contributed by atoms with Crippen LogP contribution in [0.15, 0.2) is 24.3 Å². The summed E-state index contributed by atoms with van der Waals surface area (Å²) >= 11 is 0. The van der Waals surface area contributed by atoms with E-state index in [1.54, 1.807) is 14.2 Å². The summed E-state index contributed by atoms with van der Waals surface area (Å²) in [6.45, 7) is 13.3. The smallest absolute Gasteiger partial charge is 0.482 e. The number of likely N-dealkylation sites (tertiary alicyclic amines) is 1. The molecule has 2 aliphatic heterocycles. The standard InChI is InChI=1S/C38H55NO10/c1-25(2)35(3,41)29-23-36-10-11-38(29,43-5)33-37(36)12-13-39(24-26-6-7-26)30(36)22-27-8-9-28(32(49-33)31(27)37)48-34(40)47-21-20-46-19-18-45-17-16-44-15-14-42-4/h8-9,26,29-30,33,41H,1,6-7,10-24H2,2-5H3/t29-,30-,33-,35-,36-,37+,38+/m1/s1. The highest BCUT2D eigenvalue weighted by atomic mass is 16.7. The van der Waals surface area contributed by atoms with Crippen molar-refractivity contribution in [2.24, 2.45) is 17.3 Å². The molecule has 0 radical (unpaired) electrons. The lowest BCUT2D eigenvalue weighted by atomic mass is 9.33. The number of hydrogen-bond donors (Lipinski definition) is 1. The van der Waals surface area contributed by atoms with E-state index < -0.39 is 17.4 Å². The molecule has 4 saturated carbocycles. The van der Waals surface area contributed by atoms with E-state index in [1.165, 1.54) is 24.0 Å². The first-order valence-electron chi connectivity index (χ1n) is 18.2. The van der Waals surface area contributed by atoms with Gasteiger partial charge in [0.05, 0.1) is 51.8 Å². The van der Waals surface area contributed by atoms with Gasteiger partial charge in [-0.2, -0.15) is 0 Å². The van der Waals surface area contributed by atoms with E-state index in [9.17, 15) is 9.90 Å². The molecule has 7 aliphatic rings. The third-order valence-corrected chi connectivity index (χ3v) is 13.0. The number of hydrogen-bond acceptors (Lipinski definition) is 11. The molecule has 1 aromatic rings. The van der Waals surface area contributed by atoms with Gasteiger partial charge in [0.1, 0.15) is 18.3 Å². The molecular formula is C38H55NO10. The lowest BCUT2D eigenvalue weighted by Gasteiger charge is -2.75. The molecule has 11 nitrogen and oxygen atoms in total. The van der Waals surface area contributed by atoms with Crippen molar-refractivity contribution < 1.29 is 47.8 Å². The second-order valence-corrected chi connectivity index (χ2v) is 15.3. The topological polar surface area (TPSA) is 114 Å². The van der Waals surface area contributed by atoms with Gasteiger partial charge in [-0.3, -0.25) is 4.90 Å². The van der Waals surface area contributed by atoms with Gasteiger partial charge in [-0.05, 0) is 88.5 Å². The van der Waals surface area contributed by atoms with Gasteiger partial charge in [0.15, 0.2) is 11.5 Å². The van der Waals surface area contributed by atoms with Crippen LogP contribution in [-0.4, -0.2) is 120 Å². The predicted molar refractivity (Wildman–Crippen MR) is 180 cm³/mol. The van der Waals surface area contributed by atoms with Crippen LogP contribution in [0.25, 0.3) is 0 Å². The predicted octanol–water partition coefficient (Wildman–Crippen LogP) is 4.45. The quantitative estimate of drug-likeness (QED) is 0.102. The molecular weight excluding hydrogens is 630 g/mol. The minimum absolute atomic E-state index is 0.0543. The summed E-state index contributed by atoms with van der Waals surface area (Å²) in [6.07, 6.45) is 6.03. The van der Waals surface area contributed by atoms with Gasteiger partial charge in [0.25, 0.3) is 0 Å². The van der Waals surface area contributed by atoms with Gasteiger partial charge < -0.3 is 43.0 Å². The molecule has 11 heteroatoms. The third-order valence-electron chi connectivity index (χ3n) is 13.0. The molecule has 8 rings (SSSR count). The molecule has 0 unspecified atom stereocenters. The number of methoxy groups -OCH3 is 2. The van der Waals surface area contributed by atoms with Crippen molar-refractivity contribution in [1.29, 1.82) is 0 Å². The van der Waals surface area contributed by atoms with E-state index in [2.05, 4.69) is 17.5 Å². The van der Waals surface area contributed by atoms with Crippen LogP contribution in [-0.2, 0) is 40.3 Å². The fourth-order valence-corrected chi connectivity index (χ4v) is 10.4. The number of aliphatic hydroxyl groups is 1. The van der Waals surface area contributed by atoms with Crippen LogP contribution in [0, 0.1) is 17.3 Å². The number of piperidine rings is 1. The van der Waals surface area contributed by atoms with Crippen molar-refractivity contribution in [3.63, 3.8) is 0 Å². The van der Waals surface area contributed by atoms with Crippen molar-refractivity contribution in [2.75, 3.05) is 80.2 Å². The molecule has 7 atom stereocenters. The number of fused-ring (bicyclic) bond motifs is 2. The Morgan fingerprint density at radius 2 is 1.71 bits per heavy atom. The molecule has 1 aromatic carbocycles. The van der Waals surface area contributed by atoms with Crippen LogP contribution in [0.5, 0.6) is 11.5 Å². The first kappa shape index (κ1) is 35.2. The van der Waals surface area contributed by atoms with Crippen molar-refractivity contribution in [1.82, 2.24) is 4.90 Å². The monoisotopic (exact) mass is 685 g/mol. The Morgan fingerprint density at radius 3 is 2.37 bits per heavy atom. The number of ether oxygens (including phenoxy) is 8. The Bertz CT molecular complexity index is 1400. The second-order valence-electron chi connectivity index (χ2n) is 15.3. The average Bonchev–Trinajstić information content (AvgIpc) is 3.83. The summed E-state index contributed by atoms with van der Waals surface area (Å²) in [5.41, 5.74) is 0.938. The van der Waals surface area contributed by atoms with Crippen molar-refractivity contribution in [3.8, 4) is 11.5 Å². The Labute approximate surface area is 290 Å². The van der Waals surface area contributed by atoms with Crippen molar-refractivity contribution in [2.45, 2.75) is 87.6 Å². The Morgan fingerprint density at radius 1 is 1.02 bits per heavy atom. The number of nitrogens with zero attached hydrogens (tertiary/aromatic N) is 1. The molecule has 2 heterocycles. The van der Waals surface area contributed by atoms with Gasteiger partial charge in [-0.15, -0.1) is 0 Å². The normalized spacial score (nSPS) is 33.4. The van der Waals surface area contributed by atoms with Crippen LogP contribution in [0.4, 0.5) is 4.79 Å². The maximum atomic E-state index is 13.0. The van der Waals surface area contributed by atoms with E-state index in [4.69, 9.17) is 37.9 Å². The third kappa shape index (κ3) is 5.72. The number of carbonyl (C=O) groups is 1. The number of rotatable bonds is 18. The van der Waals surface area contributed by atoms with Gasteiger partial charge in [0.2, 0.25) is 0 Å². The molecule has 49 heavy (non-hydrogen) atoms. The Balaban J connectivity index is 1.07. The van der Waals surface area contributed by atoms with Crippen LogP contribution in [0.3, 0.4) is 0 Å². The Hall–Kier alpha value is -2.25. The van der Waals surface area contributed by atoms with Crippen LogP contribution in [0.2, 0.25) is 0 Å². The lowest BCUT2D eigenvalue weighted by molar-refractivity contribution is -0.298. The molecule has 0 aromatic heterocycles. The molecule has 5 aliphatic carbocycles. The zero-order valence-electron chi connectivity index (χ0n) is 29.8. The van der Waals surface area contributed by atoms with Gasteiger partial charge in [-0.25, -0.2) is 4.79 Å². The Kier molecular flexibility index (Phi) is 9.84. The van der Waals surface area contributed by atoms with Crippen LogP contribution in [0.1, 0.15) is 63.5 Å². The first-order valence-corrected chi connectivity index (χ1v) is 18.2. The summed E-state index contributed by atoms with van der Waals surface area (Å²) < 4.78 is 46.3. The molecule has 0 amide bonds. The highest BCUT2D eigenvalue weighted by molar-refractivity contribution is 5.70. The highest BCUT2D eigenvalue weighted by Gasteiger charge is 2.82. The molecule has 1 N–H and O–H groups in total. The van der Waals surface area contributed by atoms with Crippen molar-refractivity contribution in [3.05, 3.63) is 35.4 Å². The van der Waals surface area contributed by atoms with E-state index in [0.29, 0.717) is 57.2 Å². The molecule has 4 bridgehead atoms. The largest absolute Gasteiger partial charge is 0.514 e. The average molecular weight is 686 g/mol. The SMILES string of the molecule is C=C(C)[C@@](C)(O)[C@H]1C[C@@]23CC[C@@]1(OC)[C@@H]1Oc4c(OC(=O)OCCOCCOCCOCCOC)ccc5c4[C@@]12CCN(CC1CC1)[C@@H]3C5. The van der Waals surface area contributed by atoms with Gasteiger partial charge in [-0.1, -0.05) is 12.6 Å². The van der Waals surface area contributed by atoms with E-state index in [1.807, 2.05) is 19.9 Å². The summed E-state index contributed by atoms with van der Waals surface area (Å²) in [6, 6.07) is 4.34. The lowest BCUT2D eigenvalue weighted by Crippen LogP contribution is -2.82. The minimum atomic E-state index is -1.13. The second kappa shape index (κ2) is 13.7. The molecule has 272 valence electrons. The first-order chi connectivity index (χ1) is 23.6. The minimum Gasteiger partial charge on any atom is -0.482 e. The zero-order chi connectivity index (χ0) is 34.4. The van der Waals surface area contributed by atoms with Gasteiger partial charge in [0, 0.05) is 49.1 Å². The van der Waals surface area contributed by atoms with Crippen molar-refractivity contribution >= 4 is 6.16 Å². The fraction of sp³-hybridized carbons (Fsp3) is 0.763. The van der Waals surface area contributed by atoms with Crippen LogP contribution < -0.4 is 9.47 Å². The van der Waals surface area contributed by atoms with E-state index in [0.717, 1.165) is 56.7 Å². The van der Waals surface area contributed by atoms with E-state index in [-0.39, 0.29) is 36.1 Å². The molecule has 1 saturated heterocycles. The summed E-state index contributed by atoms with van der Waals surface area (Å²) in [5, 5.41) is 12.1. The summed E-state index contributed by atoms with van der Waals surface area (Å²) in [4.78, 5) is 15.7. The number of carbonyl (C=O) groups excluding carboxylic acids is 1. The zero-order valence-corrected chi connectivity index (χ0v) is 29.8. The maximum Gasteiger partial charge on any atom is 0.514 e. The maximum absolute atomic E-state index is 13.0. The van der Waals surface area contributed by atoms with E-state index >= 15 is 0 Å².